The molecule has 0 radical (unpaired) electrons. The van der Waals surface area contributed by atoms with E-state index in [1.54, 1.807) is 25.3 Å². The number of hydrogen-bond acceptors (Lipinski definition) is 6. The Morgan fingerprint density at radius 2 is 1.68 bits per heavy atom. The lowest BCUT2D eigenvalue weighted by molar-refractivity contribution is 0.136. The molecule has 0 N–H and O–H groups in total. The smallest absolute Gasteiger partial charge is 0.432 e. The van der Waals surface area contributed by atoms with Gasteiger partial charge in [0.1, 0.15) is 6.61 Å². The summed E-state index contributed by atoms with van der Waals surface area (Å²) in [6, 6.07) is 9.70. The van der Waals surface area contributed by atoms with E-state index in [0.717, 1.165) is 17.1 Å². The molecule has 0 aliphatic carbocycles. The Bertz CT molecular complexity index is 356. The largest absolute Gasteiger partial charge is 0.443 e. The molecule has 1 aromatic carbocycles. The van der Waals surface area contributed by atoms with Gasteiger partial charge >= 0.3 is 6.09 Å². The highest BCUT2D eigenvalue weighted by Gasteiger charge is 2.17. The Hall–Kier alpha value is -0.110. The van der Waals surface area contributed by atoms with E-state index in [2.05, 4.69) is 13.8 Å². The van der Waals surface area contributed by atoms with Crippen LogP contribution < -0.4 is 0 Å². The van der Waals surface area contributed by atoms with Crippen molar-refractivity contribution in [3.8, 4) is 0 Å². The molecule has 1 amide bonds. The van der Waals surface area contributed by atoms with E-state index in [4.69, 9.17) is 4.74 Å². The van der Waals surface area contributed by atoms with E-state index < -0.39 is 0 Å². The van der Waals surface area contributed by atoms with Crippen LogP contribution >= 0.6 is 43.5 Å². The van der Waals surface area contributed by atoms with E-state index in [1.807, 2.05) is 30.3 Å². The van der Waals surface area contributed by atoms with E-state index in [-0.39, 0.29) is 6.09 Å². The molecule has 1 rings (SSSR count). The zero-order valence-corrected chi connectivity index (χ0v) is 14.2. The van der Waals surface area contributed by atoms with Crippen LogP contribution in [0.5, 0.6) is 0 Å². The molecule has 3 nitrogen and oxygen atoms in total. The van der Waals surface area contributed by atoms with Crippen LogP contribution in [0.2, 0.25) is 0 Å². The number of ether oxygens (including phenoxy) is 1. The first-order valence-electron chi connectivity index (χ1n) is 5.87. The number of amides is 1. The second-order valence-electron chi connectivity index (χ2n) is 3.26. The molecule has 0 saturated heterocycles. The third-order valence-electron chi connectivity index (χ3n) is 1.83. The maximum absolute atomic E-state index is 12.0. The number of carbonyl (C=O) groups is 1. The molecule has 0 bridgehead atoms. The summed E-state index contributed by atoms with van der Waals surface area (Å²) in [5.74, 6) is 1.90. The lowest BCUT2D eigenvalue weighted by Gasteiger charge is -2.17. The van der Waals surface area contributed by atoms with Crippen LogP contribution in [0.4, 0.5) is 4.79 Å². The molecule has 0 aromatic heterocycles. The summed E-state index contributed by atoms with van der Waals surface area (Å²) in [6.45, 7) is 4.43. The van der Waals surface area contributed by atoms with Gasteiger partial charge in [-0.3, -0.25) is 0 Å². The molecule has 0 atom stereocenters. The van der Waals surface area contributed by atoms with Crippen molar-refractivity contribution in [2.24, 2.45) is 0 Å². The van der Waals surface area contributed by atoms with Crippen molar-refractivity contribution in [3.05, 3.63) is 35.9 Å². The molecule has 1 aromatic rings. The Morgan fingerprint density at radius 3 is 2.21 bits per heavy atom. The van der Waals surface area contributed by atoms with Crippen LogP contribution in [-0.4, -0.2) is 21.3 Å². The van der Waals surface area contributed by atoms with Gasteiger partial charge in [-0.05, 0) is 5.56 Å². The van der Waals surface area contributed by atoms with Crippen LogP contribution in [0.3, 0.4) is 0 Å². The highest BCUT2D eigenvalue weighted by atomic mass is 33.1. The van der Waals surface area contributed by atoms with Crippen molar-refractivity contribution < 1.29 is 9.53 Å². The summed E-state index contributed by atoms with van der Waals surface area (Å²) in [4.78, 5) is 12.0. The zero-order chi connectivity index (χ0) is 13.9. The minimum absolute atomic E-state index is 0.305. The van der Waals surface area contributed by atoms with Gasteiger partial charge in [0, 0.05) is 33.5 Å². The maximum Gasteiger partial charge on any atom is 0.432 e. The van der Waals surface area contributed by atoms with E-state index in [9.17, 15) is 4.79 Å². The fourth-order valence-electron chi connectivity index (χ4n) is 1.05. The second kappa shape index (κ2) is 10.7. The summed E-state index contributed by atoms with van der Waals surface area (Å²) in [5.41, 5.74) is 0.997. The summed E-state index contributed by atoms with van der Waals surface area (Å²) in [5, 5.41) is 0. The van der Waals surface area contributed by atoms with Crippen LogP contribution in [0.1, 0.15) is 19.4 Å². The third-order valence-corrected chi connectivity index (χ3v) is 7.04. The van der Waals surface area contributed by atoms with Crippen molar-refractivity contribution in [1.82, 2.24) is 3.71 Å². The van der Waals surface area contributed by atoms with Crippen LogP contribution in [-0.2, 0) is 11.3 Å². The predicted octanol–water partition coefficient (Wildman–Crippen LogP) is 5.26. The lowest BCUT2D eigenvalue weighted by atomic mass is 10.2. The molecule has 0 fully saturated rings. The van der Waals surface area contributed by atoms with Gasteiger partial charge in [-0.2, -0.15) is 3.71 Å². The lowest BCUT2D eigenvalue weighted by Crippen LogP contribution is -2.17. The van der Waals surface area contributed by atoms with Gasteiger partial charge in [-0.25, -0.2) is 4.79 Å². The molecule has 19 heavy (non-hydrogen) atoms. The van der Waals surface area contributed by atoms with E-state index >= 15 is 0 Å². The highest BCUT2D eigenvalue weighted by molar-refractivity contribution is 8.83. The van der Waals surface area contributed by atoms with Crippen LogP contribution in [0.25, 0.3) is 0 Å². The van der Waals surface area contributed by atoms with Crippen molar-refractivity contribution in [2.45, 2.75) is 20.5 Å². The molecule has 0 aliphatic rings. The standard InChI is InChI=1S/C12H17NO2S4/c1-3-16-18-13(19-17-4-2)12(14)15-10-11-8-6-5-7-9-11/h5-9H,3-4,10H2,1-2H3. The van der Waals surface area contributed by atoms with Gasteiger partial charge in [-0.1, -0.05) is 65.8 Å². The molecule has 0 aliphatic heterocycles. The van der Waals surface area contributed by atoms with E-state index in [1.165, 1.54) is 22.0 Å². The van der Waals surface area contributed by atoms with Crippen molar-refractivity contribution >= 4 is 49.6 Å². The Labute approximate surface area is 130 Å². The fourth-order valence-corrected chi connectivity index (χ4v) is 5.02. The molecule has 0 saturated carbocycles. The molecule has 106 valence electrons. The molecular weight excluding hydrogens is 318 g/mol. The fraction of sp³-hybridized carbons (Fsp3) is 0.417. The van der Waals surface area contributed by atoms with Crippen LogP contribution in [0.15, 0.2) is 30.3 Å². The highest BCUT2D eigenvalue weighted by Crippen LogP contribution is 2.38. The van der Waals surface area contributed by atoms with Gasteiger partial charge in [0.25, 0.3) is 0 Å². The molecule has 0 heterocycles. The summed E-state index contributed by atoms with van der Waals surface area (Å²) in [6.07, 6.45) is -0.305. The Balaban J connectivity index is 2.41. The monoisotopic (exact) mass is 335 g/mol. The summed E-state index contributed by atoms with van der Waals surface area (Å²) < 4.78 is 6.89. The number of carbonyl (C=O) groups excluding carboxylic acids is 1. The first kappa shape index (κ1) is 16.9. The molecule has 0 spiro atoms. The topological polar surface area (TPSA) is 29.5 Å². The van der Waals surface area contributed by atoms with Crippen molar-refractivity contribution in [2.75, 3.05) is 11.5 Å². The predicted molar refractivity (Wildman–Crippen MR) is 89.9 cm³/mol. The second-order valence-corrected chi connectivity index (χ2v) is 8.45. The van der Waals surface area contributed by atoms with Gasteiger partial charge in [-0.15, -0.1) is 0 Å². The molecule has 7 heteroatoms. The van der Waals surface area contributed by atoms with Crippen molar-refractivity contribution in [3.63, 3.8) is 0 Å². The number of hydrogen-bond donors (Lipinski definition) is 0. The quantitative estimate of drug-likeness (QED) is 0.476. The average molecular weight is 336 g/mol. The third kappa shape index (κ3) is 7.29. The summed E-state index contributed by atoms with van der Waals surface area (Å²) >= 11 is 0. The Kier molecular flexibility index (Phi) is 9.50. The zero-order valence-electron chi connectivity index (χ0n) is 10.9. The van der Waals surface area contributed by atoms with Gasteiger partial charge in [0.15, 0.2) is 0 Å². The first-order chi connectivity index (χ1) is 9.27. The maximum atomic E-state index is 12.0. The number of nitrogens with zero attached hydrogens (tertiary/aromatic N) is 1. The van der Waals surface area contributed by atoms with E-state index in [0.29, 0.717) is 6.61 Å². The SMILES string of the molecule is CCSSN(SSCC)C(=O)OCc1ccccc1. The minimum atomic E-state index is -0.305. The summed E-state index contributed by atoms with van der Waals surface area (Å²) in [7, 11) is 6.09. The molecule has 0 unspecified atom stereocenters. The van der Waals surface area contributed by atoms with Gasteiger partial charge < -0.3 is 4.74 Å². The van der Waals surface area contributed by atoms with Crippen molar-refractivity contribution in [1.29, 1.82) is 0 Å². The van der Waals surface area contributed by atoms with Gasteiger partial charge in [0.2, 0.25) is 0 Å². The normalized spacial score (nSPS) is 10.2. The average Bonchev–Trinajstić information content (AvgIpc) is 2.46. The Morgan fingerprint density at radius 1 is 1.11 bits per heavy atom. The first-order valence-corrected chi connectivity index (χ1v) is 10.4. The van der Waals surface area contributed by atoms with Crippen LogP contribution in [0, 0.1) is 0 Å². The number of benzene rings is 1. The van der Waals surface area contributed by atoms with Gasteiger partial charge in [0.05, 0.1) is 0 Å². The molecular formula is C12H17NO2S4. The minimum Gasteiger partial charge on any atom is -0.443 e. The number of rotatable bonds is 8.